The van der Waals surface area contributed by atoms with E-state index in [1.165, 1.54) is 29.7 Å². The summed E-state index contributed by atoms with van der Waals surface area (Å²) >= 11 is 0. The molecule has 1 aromatic heterocycles. The second kappa shape index (κ2) is 6.64. The van der Waals surface area contributed by atoms with Crippen molar-refractivity contribution in [3.05, 3.63) is 29.1 Å². The van der Waals surface area contributed by atoms with Gasteiger partial charge in [0.15, 0.2) is 0 Å². The minimum atomic E-state index is 0.422. The summed E-state index contributed by atoms with van der Waals surface area (Å²) in [6.45, 7) is 9.75. The first-order chi connectivity index (χ1) is 7.69. The van der Waals surface area contributed by atoms with E-state index in [9.17, 15) is 0 Å². The molecule has 0 saturated heterocycles. The molecule has 1 heterocycles. The lowest BCUT2D eigenvalue weighted by atomic mass is 10.0. The number of rotatable bonds is 6. The number of aryl methyl sites for hydroxylation is 2. The van der Waals surface area contributed by atoms with Crippen molar-refractivity contribution in [3.63, 3.8) is 0 Å². The molecule has 0 spiro atoms. The van der Waals surface area contributed by atoms with E-state index in [0.29, 0.717) is 6.04 Å². The van der Waals surface area contributed by atoms with Gasteiger partial charge in [-0.15, -0.1) is 0 Å². The largest absolute Gasteiger partial charge is 0.309 e. The minimum Gasteiger partial charge on any atom is -0.309 e. The van der Waals surface area contributed by atoms with Crippen LogP contribution >= 0.6 is 0 Å². The van der Waals surface area contributed by atoms with E-state index in [0.717, 1.165) is 13.0 Å². The maximum absolute atomic E-state index is 4.59. The zero-order valence-electron chi connectivity index (χ0n) is 11.0. The fourth-order valence-corrected chi connectivity index (χ4v) is 2.03. The Balaban J connectivity index is 2.82. The van der Waals surface area contributed by atoms with E-state index in [1.54, 1.807) is 0 Å². The van der Waals surface area contributed by atoms with E-state index in [4.69, 9.17) is 0 Å². The molecule has 0 bridgehead atoms. The molecule has 1 atom stereocenters. The molecule has 0 amide bonds. The van der Waals surface area contributed by atoms with Crippen LogP contribution < -0.4 is 5.32 Å². The van der Waals surface area contributed by atoms with Crippen LogP contribution in [0.1, 0.15) is 56.0 Å². The maximum atomic E-state index is 4.59. The van der Waals surface area contributed by atoms with Gasteiger partial charge in [0.2, 0.25) is 0 Å². The van der Waals surface area contributed by atoms with Crippen LogP contribution in [0.4, 0.5) is 0 Å². The van der Waals surface area contributed by atoms with E-state index in [2.05, 4.69) is 44.1 Å². The van der Waals surface area contributed by atoms with Crippen molar-refractivity contribution in [2.75, 3.05) is 6.54 Å². The minimum absolute atomic E-state index is 0.422. The Morgan fingerprint density at radius 3 is 2.56 bits per heavy atom. The molecule has 1 unspecified atom stereocenters. The summed E-state index contributed by atoms with van der Waals surface area (Å²) in [6.07, 6.45) is 5.50. The van der Waals surface area contributed by atoms with E-state index in [-0.39, 0.29) is 0 Å². The van der Waals surface area contributed by atoms with Crippen LogP contribution in [-0.2, 0) is 0 Å². The van der Waals surface area contributed by atoms with Gasteiger partial charge in [0.1, 0.15) is 0 Å². The molecular weight excluding hydrogens is 196 g/mol. The molecule has 0 aromatic carbocycles. The zero-order valence-corrected chi connectivity index (χ0v) is 11.0. The molecule has 0 aliphatic carbocycles. The third-order valence-electron chi connectivity index (χ3n) is 2.80. The van der Waals surface area contributed by atoms with Crippen LogP contribution in [0.5, 0.6) is 0 Å². The number of aromatic nitrogens is 1. The Labute approximate surface area is 99.5 Å². The zero-order chi connectivity index (χ0) is 12.0. The molecular formula is C14H24N2. The summed E-state index contributed by atoms with van der Waals surface area (Å²) in [7, 11) is 0. The van der Waals surface area contributed by atoms with Crippen molar-refractivity contribution in [1.29, 1.82) is 0 Å². The highest BCUT2D eigenvalue weighted by molar-refractivity contribution is 5.25. The molecule has 0 radical (unpaired) electrons. The molecule has 1 rings (SSSR count). The van der Waals surface area contributed by atoms with Crippen molar-refractivity contribution < 1.29 is 0 Å². The highest BCUT2D eigenvalue weighted by Crippen LogP contribution is 2.20. The van der Waals surface area contributed by atoms with Gasteiger partial charge < -0.3 is 5.32 Å². The molecule has 90 valence electrons. The van der Waals surface area contributed by atoms with Crippen LogP contribution in [0.15, 0.2) is 12.3 Å². The lowest BCUT2D eigenvalue weighted by Gasteiger charge is -2.19. The van der Waals surface area contributed by atoms with Crippen LogP contribution in [0.25, 0.3) is 0 Å². The van der Waals surface area contributed by atoms with Gasteiger partial charge in [-0.2, -0.15) is 0 Å². The second-order valence-corrected chi connectivity index (χ2v) is 4.51. The van der Waals surface area contributed by atoms with Crippen LogP contribution in [0.2, 0.25) is 0 Å². The molecule has 1 aromatic rings. The normalized spacial score (nSPS) is 12.8. The summed E-state index contributed by atoms with van der Waals surface area (Å²) in [5.41, 5.74) is 3.77. The quantitative estimate of drug-likeness (QED) is 0.793. The third-order valence-corrected chi connectivity index (χ3v) is 2.80. The second-order valence-electron chi connectivity index (χ2n) is 4.51. The van der Waals surface area contributed by atoms with Gasteiger partial charge in [0.25, 0.3) is 0 Å². The van der Waals surface area contributed by atoms with Gasteiger partial charge in [-0.25, -0.2) is 0 Å². The van der Waals surface area contributed by atoms with E-state index >= 15 is 0 Å². The number of hydrogen-bond acceptors (Lipinski definition) is 2. The van der Waals surface area contributed by atoms with Crippen molar-refractivity contribution in [1.82, 2.24) is 10.3 Å². The first-order valence-electron chi connectivity index (χ1n) is 6.35. The van der Waals surface area contributed by atoms with E-state index in [1.807, 2.05) is 6.20 Å². The standard InChI is InChI=1S/C14H24N2/c1-5-7-13(15-8-6-2)14-12(4)9-11(3)10-16-14/h9-10,13,15H,5-8H2,1-4H3. The van der Waals surface area contributed by atoms with Crippen molar-refractivity contribution in [2.24, 2.45) is 0 Å². The lowest BCUT2D eigenvalue weighted by molar-refractivity contribution is 0.481. The number of nitrogens with one attached hydrogen (secondary N) is 1. The molecule has 16 heavy (non-hydrogen) atoms. The third kappa shape index (κ3) is 3.60. The smallest absolute Gasteiger partial charge is 0.0602 e. The summed E-state index contributed by atoms with van der Waals surface area (Å²) < 4.78 is 0. The van der Waals surface area contributed by atoms with Gasteiger partial charge in [-0.1, -0.05) is 26.3 Å². The summed E-state index contributed by atoms with van der Waals surface area (Å²) in [5.74, 6) is 0. The highest BCUT2D eigenvalue weighted by atomic mass is 14.9. The maximum Gasteiger partial charge on any atom is 0.0602 e. The Morgan fingerprint density at radius 2 is 2.00 bits per heavy atom. The van der Waals surface area contributed by atoms with Crippen molar-refractivity contribution in [3.8, 4) is 0 Å². The van der Waals surface area contributed by atoms with Crippen molar-refractivity contribution in [2.45, 2.75) is 53.0 Å². The molecule has 2 heteroatoms. The first kappa shape index (κ1) is 13.2. The topological polar surface area (TPSA) is 24.9 Å². The van der Waals surface area contributed by atoms with E-state index < -0.39 is 0 Å². The average molecular weight is 220 g/mol. The first-order valence-corrected chi connectivity index (χ1v) is 6.35. The highest BCUT2D eigenvalue weighted by Gasteiger charge is 2.13. The molecule has 0 aliphatic rings. The lowest BCUT2D eigenvalue weighted by Crippen LogP contribution is -2.23. The molecule has 0 saturated carbocycles. The number of hydrogen-bond donors (Lipinski definition) is 1. The van der Waals surface area contributed by atoms with Crippen molar-refractivity contribution >= 4 is 0 Å². The molecule has 0 fully saturated rings. The van der Waals surface area contributed by atoms with Crippen LogP contribution in [0.3, 0.4) is 0 Å². The Bertz CT molecular complexity index is 321. The monoisotopic (exact) mass is 220 g/mol. The fourth-order valence-electron chi connectivity index (χ4n) is 2.03. The van der Waals surface area contributed by atoms with Gasteiger partial charge in [0.05, 0.1) is 5.69 Å². The summed E-state index contributed by atoms with van der Waals surface area (Å²) in [6, 6.07) is 2.64. The number of pyridine rings is 1. The predicted molar refractivity (Wildman–Crippen MR) is 69.7 cm³/mol. The van der Waals surface area contributed by atoms with Gasteiger partial charge in [-0.3, -0.25) is 4.98 Å². The van der Waals surface area contributed by atoms with Gasteiger partial charge >= 0.3 is 0 Å². The molecule has 2 nitrogen and oxygen atoms in total. The Morgan fingerprint density at radius 1 is 1.25 bits per heavy atom. The average Bonchev–Trinajstić information content (AvgIpc) is 2.25. The Kier molecular flexibility index (Phi) is 5.47. The predicted octanol–water partition coefficient (Wildman–Crippen LogP) is 3.54. The van der Waals surface area contributed by atoms with Crippen LogP contribution in [-0.4, -0.2) is 11.5 Å². The SMILES string of the molecule is CCCNC(CCC)c1ncc(C)cc1C. The molecule has 1 N–H and O–H groups in total. The molecule has 0 aliphatic heterocycles. The van der Waals surface area contributed by atoms with Crippen LogP contribution in [0, 0.1) is 13.8 Å². The summed E-state index contributed by atoms with van der Waals surface area (Å²) in [4.78, 5) is 4.59. The number of nitrogens with zero attached hydrogens (tertiary/aromatic N) is 1. The van der Waals surface area contributed by atoms with Gasteiger partial charge in [0, 0.05) is 12.2 Å². The Hall–Kier alpha value is -0.890. The summed E-state index contributed by atoms with van der Waals surface area (Å²) in [5, 5.41) is 3.58. The van der Waals surface area contributed by atoms with Gasteiger partial charge in [-0.05, 0) is 44.4 Å². The fraction of sp³-hybridized carbons (Fsp3) is 0.643.